The van der Waals surface area contributed by atoms with E-state index in [0.717, 1.165) is 41.3 Å². The van der Waals surface area contributed by atoms with Crippen molar-refractivity contribution < 1.29 is 0 Å². The molecule has 0 fully saturated rings. The Labute approximate surface area is 122 Å². The zero-order valence-corrected chi connectivity index (χ0v) is 13.2. The molecule has 0 radical (unpaired) electrons. The Balaban J connectivity index is 2.36. The minimum Gasteiger partial charge on any atom is -0.313 e. The lowest BCUT2D eigenvalue weighted by Crippen LogP contribution is -2.16. The van der Waals surface area contributed by atoms with Crippen molar-refractivity contribution in [1.82, 2.24) is 20.1 Å². The first-order chi connectivity index (χ1) is 9.11. The van der Waals surface area contributed by atoms with Crippen molar-refractivity contribution in [2.75, 3.05) is 6.54 Å². The van der Waals surface area contributed by atoms with E-state index in [9.17, 15) is 0 Å². The summed E-state index contributed by atoms with van der Waals surface area (Å²) in [6.45, 7) is 7.91. The van der Waals surface area contributed by atoms with Gasteiger partial charge in [-0.25, -0.2) is 9.67 Å². The first-order valence-corrected chi connectivity index (χ1v) is 7.31. The summed E-state index contributed by atoms with van der Waals surface area (Å²) in [4.78, 5) is 4.37. The molecule has 0 aliphatic heterocycles. The molecule has 0 atom stereocenters. The van der Waals surface area contributed by atoms with Gasteiger partial charge in [-0.1, -0.05) is 22.9 Å². The SMILES string of the molecule is CCCNCc1cc(Br)ccc1-n1nc(C)nc1C. The van der Waals surface area contributed by atoms with Crippen LogP contribution in [0.15, 0.2) is 22.7 Å². The van der Waals surface area contributed by atoms with Crippen molar-refractivity contribution in [3.8, 4) is 5.69 Å². The predicted molar refractivity (Wildman–Crippen MR) is 80.5 cm³/mol. The Morgan fingerprint density at radius 1 is 1.32 bits per heavy atom. The Morgan fingerprint density at radius 2 is 2.11 bits per heavy atom. The van der Waals surface area contributed by atoms with E-state index < -0.39 is 0 Å². The van der Waals surface area contributed by atoms with Gasteiger partial charge in [-0.3, -0.25) is 0 Å². The topological polar surface area (TPSA) is 42.7 Å². The molecule has 1 heterocycles. The Bertz CT molecular complexity index is 563. The molecule has 1 aromatic carbocycles. The van der Waals surface area contributed by atoms with Crippen LogP contribution in [0.2, 0.25) is 0 Å². The average molecular weight is 323 g/mol. The number of halogens is 1. The second kappa shape index (κ2) is 6.30. The Morgan fingerprint density at radius 3 is 2.74 bits per heavy atom. The van der Waals surface area contributed by atoms with Crippen molar-refractivity contribution in [2.24, 2.45) is 0 Å². The third-order valence-corrected chi connectivity index (χ3v) is 3.38. The molecule has 0 bridgehead atoms. The fourth-order valence-electron chi connectivity index (χ4n) is 2.05. The molecule has 2 rings (SSSR count). The van der Waals surface area contributed by atoms with E-state index >= 15 is 0 Å². The van der Waals surface area contributed by atoms with Gasteiger partial charge in [0.2, 0.25) is 0 Å². The van der Waals surface area contributed by atoms with Crippen LogP contribution in [-0.2, 0) is 6.54 Å². The first-order valence-electron chi connectivity index (χ1n) is 6.51. The van der Waals surface area contributed by atoms with E-state index in [2.05, 4.69) is 50.4 Å². The molecule has 1 N–H and O–H groups in total. The molecule has 4 nitrogen and oxygen atoms in total. The van der Waals surface area contributed by atoms with Crippen molar-refractivity contribution in [2.45, 2.75) is 33.7 Å². The van der Waals surface area contributed by atoms with Crippen LogP contribution < -0.4 is 5.32 Å². The van der Waals surface area contributed by atoms with Gasteiger partial charge in [-0.15, -0.1) is 0 Å². The number of hydrogen-bond acceptors (Lipinski definition) is 3. The quantitative estimate of drug-likeness (QED) is 0.860. The maximum Gasteiger partial charge on any atom is 0.148 e. The molecule has 5 heteroatoms. The highest BCUT2D eigenvalue weighted by Crippen LogP contribution is 2.20. The lowest BCUT2D eigenvalue weighted by Gasteiger charge is -2.12. The van der Waals surface area contributed by atoms with Crippen LogP contribution in [0.4, 0.5) is 0 Å². The van der Waals surface area contributed by atoms with Crippen LogP contribution in [0.5, 0.6) is 0 Å². The second-order valence-electron chi connectivity index (χ2n) is 4.57. The lowest BCUT2D eigenvalue weighted by molar-refractivity contribution is 0.668. The number of benzene rings is 1. The van der Waals surface area contributed by atoms with Crippen molar-refractivity contribution in [3.05, 3.63) is 39.9 Å². The van der Waals surface area contributed by atoms with Crippen LogP contribution in [0.1, 0.15) is 30.6 Å². The Hall–Kier alpha value is -1.20. The van der Waals surface area contributed by atoms with Gasteiger partial charge < -0.3 is 5.32 Å². The monoisotopic (exact) mass is 322 g/mol. The summed E-state index contributed by atoms with van der Waals surface area (Å²) < 4.78 is 2.99. The van der Waals surface area contributed by atoms with Crippen molar-refractivity contribution in [1.29, 1.82) is 0 Å². The number of nitrogens with zero attached hydrogens (tertiary/aromatic N) is 3. The van der Waals surface area contributed by atoms with Gasteiger partial charge in [0.25, 0.3) is 0 Å². The second-order valence-corrected chi connectivity index (χ2v) is 5.48. The summed E-state index contributed by atoms with van der Waals surface area (Å²) in [6, 6.07) is 6.25. The van der Waals surface area contributed by atoms with Crippen molar-refractivity contribution >= 4 is 15.9 Å². The molecule has 0 aliphatic rings. The molecule has 0 unspecified atom stereocenters. The van der Waals surface area contributed by atoms with Gasteiger partial charge in [0.05, 0.1) is 5.69 Å². The molecular weight excluding hydrogens is 304 g/mol. The molecular formula is C14H19BrN4. The highest BCUT2D eigenvalue weighted by atomic mass is 79.9. The van der Waals surface area contributed by atoms with Crippen molar-refractivity contribution in [3.63, 3.8) is 0 Å². The van der Waals surface area contributed by atoms with E-state index in [1.165, 1.54) is 5.56 Å². The Kier molecular flexibility index (Phi) is 4.71. The molecule has 0 spiro atoms. The zero-order chi connectivity index (χ0) is 13.8. The van der Waals surface area contributed by atoms with E-state index in [-0.39, 0.29) is 0 Å². The highest BCUT2D eigenvalue weighted by molar-refractivity contribution is 9.10. The minimum atomic E-state index is 0.799. The van der Waals surface area contributed by atoms with E-state index in [1.54, 1.807) is 0 Å². The van der Waals surface area contributed by atoms with E-state index in [4.69, 9.17) is 0 Å². The summed E-state index contributed by atoms with van der Waals surface area (Å²) in [5, 5.41) is 7.89. The van der Waals surface area contributed by atoms with Gasteiger partial charge in [-0.05, 0) is 50.6 Å². The molecule has 1 aromatic heterocycles. The lowest BCUT2D eigenvalue weighted by atomic mass is 10.1. The number of hydrogen-bond donors (Lipinski definition) is 1. The fraction of sp³-hybridized carbons (Fsp3) is 0.429. The summed E-state index contributed by atoms with van der Waals surface area (Å²) in [6.07, 6.45) is 1.13. The smallest absolute Gasteiger partial charge is 0.148 e. The van der Waals surface area contributed by atoms with Crippen LogP contribution in [0.25, 0.3) is 5.69 Å². The number of nitrogens with one attached hydrogen (secondary N) is 1. The van der Waals surface area contributed by atoms with Crippen LogP contribution in [0.3, 0.4) is 0 Å². The molecule has 19 heavy (non-hydrogen) atoms. The molecule has 102 valence electrons. The standard InChI is InChI=1S/C14H19BrN4/c1-4-7-16-9-12-8-13(15)5-6-14(12)19-11(3)17-10(2)18-19/h5-6,8,16H,4,7,9H2,1-3H3. The molecule has 0 saturated heterocycles. The number of aryl methyl sites for hydroxylation is 2. The van der Waals surface area contributed by atoms with Crippen LogP contribution in [-0.4, -0.2) is 21.3 Å². The van der Waals surface area contributed by atoms with Crippen LogP contribution >= 0.6 is 15.9 Å². The van der Waals surface area contributed by atoms with Crippen LogP contribution in [0, 0.1) is 13.8 Å². The fourth-order valence-corrected chi connectivity index (χ4v) is 2.46. The van der Waals surface area contributed by atoms with Gasteiger partial charge >= 0.3 is 0 Å². The zero-order valence-electron chi connectivity index (χ0n) is 11.6. The largest absolute Gasteiger partial charge is 0.313 e. The first kappa shape index (κ1) is 14.2. The molecule has 0 amide bonds. The normalized spacial score (nSPS) is 10.9. The van der Waals surface area contributed by atoms with E-state index in [0.29, 0.717) is 0 Å². The predicted octanol–water partition coefficient (Wildman–Crippen LogP) is 3.15. The van der Waals surface area contributed by atoms with E-state index in [1.807, 2.05) is 24.6 Å². The minimum absolute atomic E-state index is 0.799. The average Bonchev–Trinajstić information content (AvgIpc) is 2.69. The maximum atomic E-state index is 4.46. The molecule has 0 aliphatic carbocycles. The summed E-state index contributed by atoms with van der Waals surface area (Å²) in [5.41, 5.74) is 2.31. The summed E-state index contributed by atoms with van der Waals surface area (Å²) in [7, 11) is 0. The van der Waals surface area contributed by atoms with Gasteiger partial charge in [0.15, 0.2) is 0 Å². The third-order valence-electron chi connectivity index (χ3n) is 2.89. The number of rotatable bonds is 5. The molecule has 0 saturated carbocycles. The molecule has 2 aromatic rings. The summed E-state index contributed by atoms with van der Waals surface area (Å²) in [5.74, 6) is 1.71. The third kappa shape index (κ3) is 3.42. The van der Waals surface area contributed by atoms with Gasteiger partial charge in [0, 0.05) is 11.0 Å². The maximum absolute atomic E-state index is 4.46. The van der Waals surface area contributed by atoms with Gasteiger partial charge in [-0.2, -0.15) is 5.10 Å². The van der Waals surface area contributed by atoms with Gasteiger partial charge in [0.1, 0.15) is 11.6 Å². The summed E-state index contributed by atoms with van der Waals surface area (Å²) >= 11 is 3.53. The number of aromatic nitrogens is 3. The highest BCUT2D eigenvalue weighted by Gasteiger charge is 2.10.